The van der Waals surface area contributed by atoms with E-state index in [1.54, 1.807) is 5.57 Å². The van der Waals surface area contributed by atoms with Gasteiger partial charge in [0.15, 0.2) is 0 Å². The third-order valence-electron chi connectivity index (χ3n) is 11.8. The van der Waals surface area contributed by atoms with Gasteiger partial charge in [0.2, 0.25) is 0 Å². The molecule has 0 amide bonds. The fraction of sp³-hybridized carbons (Fsp3) is 0.281. The Kier molecular flexibility index (Phi) is 23.5. The van der Waals surface area contributed by atoms with Gasteiger partial charge in [-0.25, -0.2) is 0 Å². The lowest BCUT2D eigenvalue weighted by Gasteiger charge is -2.24. The fourth-order valence-corrected chi connectivity index (χ4v) is 7.98. The number of allylic oxidation sites excluding steroid dienone is 12. The number of nitrogens with zero attached hydrogens (tertiary/aromatic N) is 1. The van der Waals surface area contributed by atoms with Crippen LogP contribution in [0.5, 0.6) is 0 Å². The van der Waals surface area contributed by atoms with Gasteiger partial charge in [-0.05, 0) is 150 Å². The van der Waals surface area contributed by atoms with Crippen LogP contribution in [0.4, 0.5) is 11.4 Å². The Hall–Kier alpha value is -6.22. The SMILES string of the molecule is C=C(/C=C(\C=C/C)c1ccc(N(C)c2ccc(-c3ccccc3)cc2)c(C(=C)/C=C\CN)c1)c1ccccc1[C@H](C)CC.C=CCC.CC.Cc1ccc(C2=C(C(C)C)CCC=C2)c(C)c1. The van der Waals surface area contributed by atoms with Gasteiger partial charge in [0.25, 0.3) is 0 Å². The van der Waals surface area contributed by atoms with Crippen molar-refractivity contribution >= 4 is 33.7 Å². The van der Waals surface area contributed by atoms with E-state index in [9.17, 15) is 0 Å². The summed E-state index contributed by atoms with van der Waals surface area (Å²) in [5, 5.41) is 0. The van der Waals surface area contributed by atoms with Crippen molar-refractivity contribution in [2.45, 2.75) is 101 Å². The van der Waals surface area contributed by atoms with E-state index in [1.807, 2.05) is 38.1 Å². The van der Waals surface area contributed by atoms with Gasteiger partial charge < -0.3 is 10.6 Å². The predicted octanol–water partition coefficient (Wildman–Crippen LogP) is 18.5. The van der Waals surface area contributed by atoms with Crippen molar-refractivity contribution < 1.29 is 0 Å². The first-order valence-corrected chi connectivity index (χ1v) is 24.2. The van der Waals surface area contributed by atoms with E-state index in [0.717, 1.165) is 52.1 Å². The van der Waals surface area contributed by atoms with E-state index in [2.05, 4.69) is 227 Å². The summed E-state index contributed by atoms with van der Waals surface area (Å²) in [5.74, 6) is 1.11. The van der Waals surface area contributed by atoms with Crippen LogP contribution >= 0.6 is 0 Å². The van der Waals surface area contributed by atoms with E-state index >= 15 is 0 Å². The number of rotatable bonds is 15. The maximum absolute atomic E-state index is 5.81. The van der Waals surface area contributed by atoms with E-state index in [1.165, 1.54) is 57.4 Å². The van der Waals surface area contributed by atoms with Gasteiger partial charge in [-0.1, -0.05) is 206 Å². The van der Waals surface area contributed by atoms with Crippen molar-refractivity contribution in [2.24, 2.45) is 11.7 Å². The van der Waals surface area contributed by atoms with E-state index in [4.69, 9.17) is 5.73 Å². The van der Waals surface area contributed by atoms with Crippen molar-refractivity contribution in [3.8, 4) is 11.1 Å². The van der Waals surface area contributed by atoms with Gasteiger partial charge in [-0.2, -0.15) is 0 Å². The Labute approximate surface area is 402 Å². The molecule has 0 fully saturated rings. The second-order valence-corrected chi connectivity index (χ2v) is 16.9. The minimum absolute atomic E-state index is 0.462. The van der Waals surface area contributed by atoms with Crippen LogP contribution in [0.1, 0.15) is 126 Å². The molecule has 2 nitrogen and oxygen atoms in total. The smallest absolute Gasteiger partial charge is 0.0487 e. The monoisotopic (exact) mass is 877 g/mol. The molecule has 1 aliphatic carbocycles. The highest BCUT2D eigenvalue weighted by Crippen LogP contribution is 2.37. The average Bonchev–Trinajstić information content (AvgIpc) is 3.36. The molecule has 346 valence electrons. The number of anilines is 2. The normalized spacial score (nSPS) is 12.7. The number of nitrogens with two attached hydrogens (primary N) is 1. The fourth-order valence-electron chi connectivity index (χ4n) is 7.98. The van der Waals surface area contributed by atoms with Crippen LogP contribution in [0.2, 0.25) is 0 Å². The van der Waals surface area contributed by atoms with Crippen LogP contribution in [0, 0.1) is 19.8 Å². The Morgan fingerprint density at radius 3 is 2.03 bits per heavy atom. The van der Waals surface area contributed by atoms with Crippen LogP contribution in [0.25, 0.3) is 33.4 Å². The Morgan fingerprint density at radius 2 is 1.42 bits per heavy atom. The van der Waals surface area contributed by atoms with Gasteiger partial charge in [0, 0.05) is 30.5 Å². The van der Waals surface area contributed by atoms with Gasteiger partial charge in [-0.3, -0.25) is 0 Å². The van der Waals surface area contributed by atoms with Crippen molar-refractivity contribution in [1.29, 1.82) is 0 Å². The first-order valence-electron chi connectivity index (χ1n) is 24.2. The molecule has 1 atom stereocenters. The third kappa shape index (κ3) is 15.5. The van der Waals surface area contributed by atoms with E-state index in [-0.39, 0.29) is 0 Å². The Balaban J connectivity index is 0.000000413. The largest absolute Gasteiger partial charge is 0.344 e. The minimum Gasteiger partial charge on any atom is -0.344 e. The van der Waals surface area contributed by atoms with Gasteiger partial charge in [-0.15, -0.1) is 6.58 Å². The molecule has 2 heteroatoms. The lowest BCUT2D eigenvalue weighted by Crippen LogP contribution is -2.11. The molecule has 5 aromatic rings. The molecule has 2 N–H and O–H groups in total. The summed E-state index contributed by atoms with van der Waals surface area (Å²) in [5.41, 5.74) is 25.3. The van der Waals surface area contributed by atoms with E-state index in [0.29, 0.717) is 18.4 Å². The lowest BCUT2D eigenvalue weighted by molar-refractivity contribution is 0.714. The molecule has 5 aromatic carbocycles. The Morgan fingerprint density at radius 1 is 0.773 bits per heavy atom. The molecule has 0 bridgehead atoms. The van der Waals surface area contributed by atoms with Crippen molar-refractivity contribution in [3.05, 3.63) is 228 Å². The van der Waals surface area contributed by atoms with Gasteiger partial charge in [0.1, 0.15) is 0 Å². The second kappa shape index (κ2) is 28.6. The van der Waals surface area contributed by atoms with Gasteiger partial charge >= 0.3 is 0 Å². The first-order chi connectivity index (χ1) is 31.9. The molecule has 1 aliphatic rings. The molecular weight excluding hydrogens is 797 g/mol. The maximum atomic E-state index is 5.81. The molecule has 0 aromatic heterocycles. The number of aryl methyl sites for hydroxylation is 2. The first kappa shape index (κ1) is 54.1. The zero-order valence-electron chi connectivity index (χ0n) is 42.4. The van der Waals surface area contributed by atoms with E-state index < -0.39 is 0 Å². The number of hydrogen-bond acceptors (Lipinski definition) is 2. The quantitative estimate of drug-likeness (QED) is 0.0839. The van der Waals surface area contributed by atoms with Crippen LogP contribution in [0.3, 0.4) is 0 Å². The molecule has 0 spiro atoms. The average molecular weight is 877 g/mol. The highest BCUT2D eigenvalue weighted by Gasteiger charge is 2.17. The second-order valence-electron chi connectivity index (χ2n) is 16.9. The highest BCUT2D eigenvalue weighted by molar-refractivity contribution is 5.91. The third-order valence-corrected chi connectivity index (χ3v) is 11.8. The molecule has 6 rings (SSSR count). The molecule has 0 aliphatic heterocycles. The number of benzene rings is 5. The Bertz CT molecular complexity index is 2460. The van der Waals surface area contributed by atoms with Crippen LogP contribution in [-0.4, -0.2) is 13.6 Å². The number of hydrogen-bond donors (Lipinski definition) is 1. The minimum atomic E-state index is 0.462. The predicted molar refractivity (Wildman–Crippen MR) is 298 cm³/mol. The molecule has 0 radical (unpaired) electrons. The molecule has 66 heavy (non-hydrogen) atoms. The molecule has 0 saturated carbocycles. The highest BCUT2D eigenvalue weighted by atomic mass is 15.1. The summed E-state index contributed by atoms with van der Waals surface area (Å²) in [6, 6.07) is 41.1. The standard InChI is InChI=1S/C41H44N2.C17H22.C4H8.C2H6/c1-7-15-35(28-32(5)39-20-13-12-19-38(39)30(3)8-2)36-23-26-41(40(29-36)31(4)16-14-27-42)43(6)37-24-21-34(22-25-37)33-17-10-9-11-18-33;1-12(2)15-7-5-6-8-17(15)16-10-9-13(3)11-14(16)4;1-3-4-2;1-2/h7,9-26,28-30H,4-5,8,27,42H2,1-3,6H3;6,8-12H,5,7H2,1-4H3;3H,1,4H2,2H3;1-2H3/b15-7-,16-14-,35-28+;;;/t30-;;;/m1.../s1. The van der Waals surface area contributed by atoms with Crippen LogP contribution in [0.15, 0.2) is 189 Å². The van der Waals surface area contributed by atoms with Crippen LogP contribution in [-0.2, 0) is 0 Å². The summed E-state index contributed by atoms with van der Waals surface area (Å²) in [6.45, 7) is 34.5. The summed E-state index contributed by atoms with van der Waals surface area (Å²) >= 11 is 0. The molecular formula is C64H80N2. The molecule has 0 unspecified atom stereocenters. The summed E-state index contributed by atoms with van der Waals surface area (Å²) in [4.78, 5) is 2.22. The zero-order chi connectivity index (χ0) is 48.6. The van der Waals surface area contributed by atoms with Crippen molar-refractivity contribution in [3.63, 3.8) is 0 Å². The lowest BCUT2D eigenvalue weighted by atomic mass is 9.84. The van der Waals surface area contributed by atoms with Crippen molar-refractivity contribution in [2.75, 3.05) is 18.5 Å². The van der Waals surface area contributed by atoms with Crippen LogP contribution < -0.4 is 10.6 Å². The zero-order valence-corrected chi connectivity index (χ0v) is 42.4. The molecule has 0 heterocycles. The molecule has 0 saturated heterocycles. The maximum Gasteiger partial charge on any atom is 0.0487 e. The summed E-state index contributed by atoms with van der Waals surface area (Å²) in [7, 11) is 2.10. The topological polar surface area (TPSA) is 29.3 Å². The summed E-state index contributed by atoms with van der Waals surface area (Å²) in [6.07, 6.45) is 21.5. The summed E-state index contributed by atoms with van der Waals surface area (Å²) < 4.78 is 0. The van der Waals surface area contributed by atoms with Gasteiger partial charge in [0.05, 0.1) is 0 Å². The van der Waals surface area contributed by atoms with Crippen molar-refractivity contribution in [1.82, 2.24) is 0 Å².